The smallest absolute Gasteiger partial charge is 0.258 e. The normalized spacial score (nSPS) is 12.5. The predicted octanol–water partition coefficient (Wildman–Crippen LogP) is 5.48. The number of carbonyl (C=O) groups is 1. The van der Waals surface area contributed by atoms with E-state index in [0.717, 1.165) is 33.9 Å². The van der Waals surface area contributed by atoms with E-state index in [-0.39, 0.29) is 5.91 Å². The zero-order valence-corrected chi connectivity index (χ0v) is 16.9. The number of aromatic nitrogens is 2. The third-order valence-corrected chi connectivity index (χ3v) is 5.11. The molecule has 5 rings (SSSR count). The molecule has 1 N–H and O–H groups in total. The molecule has 2 aromatic heterocycles. The first kappa shape index (κ1) is 18.8. The third kappa shape index (κ3) is 3.96. The average molecular weight is 408 g/mol. The standard InChI is InChI=1S/C25H20N4O2/c1-17-13-20(7-12-27-17)28-19-5-6-24-18(14-19)16-29(25(24)30)21-3-2-4-23(15-21)31-22-8-10-26-11-9-22/h2-15H,16H2,1H3,(H,27,28). The van der Waals surface area contributed by atoms with Gasteiger partial charge in [-0.05, 0) is 67.1 Å². The minimum Gasteiger partial charge on any atom is -0.457 e. The first-order valence-corrected chi connectivity index (χ1v) is 9.98. The fourth-order valence-electron chi connectivity index (χ4n) is 3.65. The summed E-state index contributed by atoms with van der Waals surface area (Å²) in [5, 5.41) is 3.39. The lowest BCUT2D eigenvalue weighted by molar-refractivity contribution is 0.0996. The average Bonchev–Trinajstić information content (AvgIpc) is 3.10. The van der Waals surface area contributed by atoms with Gasteiger partial charge in [-0.1, -0.05) is 6.07 Å². The second-order valence-corrected chi connectivity index (χ2v) is 7.36. The van der Waals surface area contributed by atoms with E-state index in [0.29, 0.717) is 18.0 Å². The number of carbonyl (C=O) groups excluding carboxylic acids is 1. The van der Waals surface area contributed by atoms with Crippen LogP contribution in [0.4, 0.5) is 17.1 Å². The lowest BCUT2D eigenvalue weighted by Crippen LogP contribution is -2.22. The lowest BCUT2D eigenvalue weighted by Gasteiger charge is -2.17. The van der Waals surface area contributed by atoms with Crippen LogP contribution in [-0.2, 0) is 6.54 Å². The van der Waals surface area contributed by atoms with Crippen LogP contribution >= 0.6 is 0 Å². The number of ether oxygens (including phenoxy) is 1. The minimum absolute atomic E-state index is 0.0117. The van der Waals surface area contributed by atoms with Crippen molar-refractivity contribution in [2.45, 2.75) is 13.5 Å². The Morgan fingerprint density at radius 1 is 0.903 bits per heavy atom. The summed E-state index contributed by atoms with van der Waals surface area (Å²) in [6.07, 6.45) is 5.13. The predicted molar refractivity (Wildman–Crippen MR) is 120 cm³/mol. The van der Waals surface area contributed by atoms with Gasteiger partial charge in [-0.2, -0.15) is 0 Å². The van der Waals surface area contributed by atoms with Crippen LogP contribution in [0.5, 0.6) is 11.5 Å². The Morgan fingerprint density at radius 2 is 1.74 bits per heavy atom. The molecule has 3 heterocycles. The topological polar surface area (TPSA) is 67.3 Å². The van der Waals surface area contributed by atoms with Crippen LogP contribution in [0, 0.1) is 6.92 Å². The SMILES string of the molecule is Cc1cc(Nc2ccc3c(c2)CN(c2cccc(Oc4ccncc4)c2)C3=O)ccn1. The number of nitrogens with zero attached hydrogens (tertiary/aromatic N) is 3. The molecule has 0 fully saturated rings. The number of amides is 1. The molecule has 0 spiro atoms. The number of rotatable bonds is 5. The molecule has 1 amide bonds. The van der Waals surface area contributed by atoms with Crippen LogP contribution < -0.4 is 15.0 Å². The Hall–Kier alpha value is -4.19. The van der Waals surface area contributed by atoms with Crippen molar-refractivity contribution in [2.75, 3.05) is 10.2 Å². The molecule has 0 bridgehead atoms. The molecule has 2 aromatic carbocycles. The van der Waals surface area contributed by atoms with Gasteiger partial charge in [-0.15, -0.1) is 0 Å². The molecular weight excluding hydrogens is 388 g/mol. The molecule has 1 aliphatic rings. The highest BCUT2D eigenvalue weighted by Gasteiger charge is 2.28. The van der Waals surface area contributed by atoms with Crippen LogP contribution in [0.1, 0.15) is 21.6 Å². The zero-order valence-electron chi connectivity index (χ0n) is 16.9. The van der Waals surface area contributed by atoms with E-state index >= 15 is 0 Å². The highest BCUT2D eigenvalue weighted by Crippen LogP contribution is 2.33. The Balaban J connectivity index is 1.36. The van der Waals surface area contributed by atoms with Gasteiger partial charge in [0.15, 0.2) is 0 Å². The van der Waals surface area contributed by atoms with Crippen LogP contribution in [0.2, 0.25) is 0 Å². The monoisotopic (exact) mass is 408 g/mol. The Morgan fingerprint density at radius 3 is 2.58 bits per heavy atom. The van der Waals surface area contributed by atoms with Gasteiger partial charge in [0, 0.05) is 53.0 Å². The Kier molecular flexibility index (Phi) is 4.80. The second kappa shape index (κ2) is 7.91. The van der Waals surface area contributed by atoms with Crippen molar-refractivity contribution < 1.29 is 9.53 Å². The number of hydrogen-bond acceptors (Lipinski definition) is 5. The molecule has 6 heteroatoms. The van der Waals surface area contributed by atoms with Crippen LogP contribution in [0.15, 0.2) is 85.3 Å². The van der Waals surface area contributed by atoms with Crippen molar-refractivity contribution in [3.05, 3.63) is 102 Å². The summed E-state index contributed by atoms with van der Waals surface area (Å²) in [6, 6.07) is 20.9. The third-order valence-electron chi connectivity index (χ3n) is 5.11. The van der Waals surface area contributed by atoms with Crippen molar-refractivity contribution in [2.24, 2.45) is 0 Å². The van der Waals surface area contributed by atoms with Gasteiger partial charge >= 0.3 is 0 Å². The number of nitrogens with one attached hydrogen (secondary N) is 1. The number of aryl methyl sites for hydroxylation is 1. The van der Waals surface area contributed by atoms with Crippen molar-refractivity contribution in [3.63, 3.8) is 0 Å². The molecule has 6 nitrogen and oxygen atoms in total. The summed E-state index contributed by atoms with van der Waals surface area (Å²) < 4.78 is 5.89. The molecule has 4 aromatic rings. The van der Waals surface area contributed by atoms with Crippen LogP contribution in [0.3, 0.4) is 0 Å². The fourth-order valence-corrected chi connectivity index (χ4v) is 3.65. The lowest BCUT2D eigenvalue weighted by atomic mass is 10.1. The largest absolute Gasteiger partial charge is 0.457 e. The molecule has 152 valence electrons. The van der Waals surface area contributed by atoms with Gasteiger partial charge < -0.3 is 15.0 Å². The molecule has 0 saturated carbocycles. The first-order valence-electron chi connectivity index (χ1n) is 9.98. The quantitative estimate of drug-likeness (QED) is 0.473. The Bertz CT molecular complexity index is 1260. The van der Waals surface area contributed by atoms with Gasteiger partial charge in [0.1, 0.15) is 11.5 Å². The van der Waals surface area contributed by atoms with Gasteiger partial charge in [0.05, 0.1) is 6.54 Å². The van der Waals surface area contributed by atoms with Crippen molar-refractivity contribution in [1.29, 1.82) is 0 Å². The van der Waals surface area contributed by atoms with Gasteiger partial charge in [0.2, 0.25) is 0 Å². The molecule has 31 heavy (non-hydrogen) atoms. The van der Waals surface area contributed by atoms with Crippen molar-refractivity contribution in [3.8, 4) is 11.5 Å². The van der Waals surface area contributed by atoms with Crippen molar-refractivity contribution >= 4 is 23.0 Å². The van der Waals surface area contributed by atoms with Crippen molar-refractivity contribution in [1.82, 2.24) is 9.97 Å². The van der Waals surface area contributed by atoms with E-state index in [2.05, 4.69) is 15.3 Å². The molecular formula is C25H20N4O2. The maximum absolute atomic E-state index is 13.0. The highest BCUT2D eigenvalue weighted by molar-refractivity contribution is 6.10. The second-order valence-electron chi connectivity index (χ2n) is 7.36. The number of anilines is 3. The summed E-state index contributed by atoms with van der Waals surface area (Å²) in [6.45, 7) is 2.47. The zero-order chi connectivity index (χ0) is 21.2. The summed E-state index contributed by atoms with van der Waals surface area (Å²) in [5.74, 6) is 1.36. The molecule has 0 saturated heterocycles. The van der Waals surface area contributed by atoms with E-state index in [9.17, 15) is 4.79 Å². The fraction of sp³-hybridized carbons (Fsp3) is 0.0800. The van der Waals surface area contributed by atoms with Crippen LogP contribution in [0.25, 0.3) is 0 Å². The summed E-state index contributed by atoms with van der Waals surface area (Å²) in [5.41, 5.74) is 5.36. The number of hydrogen-bond donors (Lipinski definition) is 1. The summed E-state index contributed by atoms with van der Waals surface area (Å²) in [7, 11) is 0. The van der Waals surface area contributed by atoms with E-state index in [1.54, 1.807) is 35.6 Å². The molecule has 0 atom stereocenters. The van der Waals surface area contributed by atoms with E-state index in [4.69, 9.17) is 4.74 Å². The van der Waals surface area contributed by atoms with Gasteiger partial charge in [-0.25, -0.2) is 0 Å². The molecule has 0 unspecified atom stereocenters. The van der Waals surface area contributed by atoms with E-state index in [1.165, 1.54) is 0 Å². The van der Waals surface area contributed by atoms with Gasteiger partial charge in [0.25, 0.3) is 5.91 Å². The molecule has 1 aliphatic heterocycles. The Labute approximate surface area is 180 Å². The summed E-state index contributed by atoms with van der Waals surface area (Å²) >= 11 is 0. The summed E-state index contributed by atoms with van der Waals surface area (Å²) in [4.78, 5) is 23.0. The van der Waals surface area contributed by atoms with E-state index < -0.39 is 0 Å². The minimum atomic E-state index is -0.0117. The van der Waals surface area contributed by atoms with Crippen LogP contribution in [-0.4, -0.2) is 15.9 Å². The number of benzene rings is 2. The highest BCUT2D eigenvalue weighted by atomic mass is 16.5. The number of fused-ring (bicyclic) bond motifs is 1. The molecule has 0 aliphatic carbocycles. The van der Waals surface area contributed by atoms with Gasteiger partial charge in [-0.3, -0.25) is 14.8 Å². The number of pyridine rings is 2. The maximum atomic E-state index is 13.0. The van der Waals surface area contributed by atoms with E-state index in [1.807, 2.05) is 61.5 Å². The maximum Gasteiger partial charge on any atom is 0.258 e. The molecule has 0 radical (unpaired) electrons. The first-order chi connectivity index (χ1) is 15.2.